The summed E-state index contributed by atoms with van der Waals surface area (Å²) >= 11 is 0. The summed E-state index contributed by atoms with van der Waals surface area (Å²) in [6.07, 6.45) is 1.55. The van der Waals surface area contributed by atoms with Gasteiger partial charge in [-0.1, -0.05) is 12.1 Å². The zero-order valence-electron chi connectivity index (χ0n) is 11.2. The standard InChI is InChI=1S/C15H13N3O2/c1-10-6-11(2)8-12(7-10)17-14-4-3-5-15(18(19)20)13(14)9-16-17/h3-9H,1-2H3. The van der Waals surface area contributed by atoms with E-state index in [0.717, 1.165) is 22.3 Å². The average molecular weight is 267 g/mol. The normalized spacial score (nSPS) is 10.9. The van der Waals surface area contributed by atoms with Crippen molar-refractivity contribution < 1.29 is 4.92 Å². The fourth-order valence-electron chi connectivity index (χ4n) is 2.47. The second-order valence-corrected chi connectivity index (χ2v) is 4.87. The van der Waals surface area contributed by atoms with Crippen molar-refractivity contribution in [1.29, 1.82) is 0 Å². The van der Waals surface area contributed by atoms with Crippen LogP contribution in [0.15, 0.2) is 42.6 Å². The van der Waals surface area contributed by atoms with Crippen molar-refractivity contribution in [3.63, 3.8) is 0 Å². The third-order valence-corrected chi connectivity index (χ3v) is 3.24. The van der Waals surface area contributed by atoms with Gasteiger partial charge in [-0.2, -0.15) is 5.10 Å². The first-order valence-corrected chi connectivity index (χ1v) is 6.26. The van der Waals surface area contributed by atoms with E-state index in [0.29, 0.717) is 5.39 Å². The lowest BCUT2D eigenvalue weighted by Crippen LogP contribution is -1.97. The Morgan fingerprint density at radius 3 is 2.50 bits per heavy atom. The molecule has 0 aliphatic carbocycles. The molecule has 5 nitrogen and oxygen atoms in total. The Labute approximate surface area is 115 Å². The third-order valence-electron chi connectivity index (χ3n) is 3.24. The molecule has 0 aliphatic heterocycles. The van der Waals surface area contributed by atoms with E-state index in [-0.39, 0.29) is 10.6 Å². The van der Waals surface area contributed by atoms with Crippen molar-refractivity contribution >= 4 is 16.6 Å². The second-order valence-electron chi connectivity index (χ2n) is 4.87. The summed E-state index contributed by atoms with van der Waals surface area (Å²) < 4.78 is 1.74. The molecule has 0 amide bonds. The molecular formula is C15H13N3O2. The van der Waals surface area contributed by atoms with E-state index in [4.69, 9.17) is 0 Å². The van der Waals surface area contributed by atoms with E-state index in [1.807, 2.05) is 32.0 Å². The monoisotopic (exact) mass is 267 g/mol. The number of hydrogen-bond donors (Lipinski definition) is 0. The number of rotatable bonds is 2. The van der Waals surface area contributed by atoms with Crippen LogP contribution < -0.4 is 0 Å². The molecule has 5 heteroatoms. The molecule has 0 radical (unpaired) electrons. The zero-order chi connectivity index (χ0) is 14.3. The van der Waals surface area contributed by atoms with Gasteiger partial charge in [0.1, 0.15) is 0 Å². The first kappa shape index (κ1) is 12.3. The van der Waals surface area contributed by atoms with E-state index in [1.54, 1.807) is 16.9 Å². The molecule has 20 heavy (non-hydrogen) atoms. The van der Waals surface area contributed by atoms with Crippen LogP contribution in [0.3, 0.4) is 0 Å². The molecule has 0 fully saturated rings. The van der Waals surface area contributed by atoms with Crippen molar-refractivity contribution in [2.45, 2.75) is 13.8 Å². The Hall–Kier alpha value is -2.69. The maximum Gasteiger partial charge on any atom is 0.280 e. The Morgan fingerprint density at radius 2 is 1.85 bits per heavy atom. The van der Waals surface area contributed by atoms with E-state index in [9.17, 15) is 10.1 Å². The van der Waals surface area contributed by atoms with Crippen LogP contribution in [0.25, 0.3) is 16.6 Å². The number of nitrogens with zero attached hydrogens (tertiary/aromatic N) is 3. The first-order chi connectivity index (χ1) is 9.56. The lowest BCUT2D eigenvalue weighted by molar-refractivity contribution is -0.383. The highest BCUT2D eigenvalue weighted by Gasteiger charge is 2.15. The SMILES string of the molecule is Cc1cc(C)cc(-n2ncc3c([N+](=O)[O-])cccc32)c1. The number of benzene rings is 2. The second kappa shape index (κ2) is 4.45. The maximum absolute atomic E-state index is 11.0. The van der Waals surface area contributed by atoms with Crippen molar-refractivity contribution in [3.05, 3.63) is 63.8 Å². The van der Waals surface area contributed by atoms with Gasteiger partial charge >= 0.3 is 0 Å². The van der Waals surface area contributed by atoms with Gasteiger partial charge in [0.15, 0.2) is 0 Å². The van der Waals surface area contributed by atoms with Gasteiger partial charge in [-0.3, -0.25) is 10.1 Å². The fourth-order valence-corrected chi connectivity index (χ4v) is 2.47. The summed E-state index contributed by atoms with van der Waals surface area (Å²) in [4.78, 5) is 10.7. The quantitative estimate of drug-likeness (QED) is 0.527. The first-order valence-electron chi connectivity index (χ1n) is 6.26. The summed E-state index contributed by atoms with van der Waals surface area (Å²) in [7, 11) is 0. The molecule has 100 valence electrons. The van der Waals surface area contributed by atoms with Crippen molar-refractivity contribution in [1.82, 2.24) is 9.78 Å². The van der Waals surface area contributed by atoms with Crippen LogP contribution >= 0.6 is 0 Å². The van der Waals surface area contributed by atoms with E-state index in [2.05, 4.69) is 11.2 Å². The van der Waals surface area contributed by atoms with Gasteiger partial charge in [-0.25, -0.2) is 4.68 Å². The summed E-state index contributed by atoms with van der Waals surface area (Å²) in [5.41, 5.74) is 4.00. The van der Waals surface area contributed by atoms with E-state index < -0.39 is 0 Å². The molecule has 0 saturated carbocycles. The van der Waals surface area contributed by atoms with Gasteiger partial charge in [-0.05, 0) is 43.2 Å². The van der Waals surface area contributed by atoms with Crippen molar-refractivity contribution in [3.8, 4) is 5.69 Å². The van der Waals surface area contributed by atoms with Crippen LogP contribution in [0.2, 0.25) is 0 Å². The molecule has 0 atom stereocenters. The lowest BCUT2D eigenvalue weighted by Gasteiger charge is -2.06. The summed E-state index contributed by atoms with van der Waals surface area (Å²) in [5, 5.41) is 15.9. The minimum absolute atomic E-state index is 0.0816. The van der Waals surface area contributed by atoms with Gasteiger partial charge in [0, 0.05) is 6.07 Å². The van der Waals surface area contributed by atoms with Crippen LogP contribution in [0.1, 0.15) is 11.1 Å². The van der Waals surface area contributed by atoms with Crippen LogP contribution in [0, 0.1) is 24.0 Å². The molecule has 1 heterocycles. The minimum atomic E-state index is -0.379. The number of aryl methyl sites for hydroxylation is 2. The molecule has 0 saturated heterocycles. The summed E-state index contributed by atoms with van der Waals surface area (Å²) in [6, 6.07) is 11.1. The molecule has 1 aromatic heterocycles. The number of non-ortho nitro benzene ring substituents is 1. The molecule has 2 aromatic carbocycles. The Bertz CT molecular complexity index is 801. The van der Waals surface area contributed by atoms with Gasteiger partial charge in [-0.15, -0.1) is 0 Å². The highest BCUT2D eigenvalue weighted by molar-refractivity contribution is 5.88. The van der Waals surface area contributed by atoms with Crippen LogP contribution in [0.4, 0.5) is 5.69 Å². The minimum Gasteiger partial charge on any atom is -0.258 e. The highest BCUT2D eigenvalue weighted by Crippen LogP contribution is 2.27. The Kier molecular flexibility index (Phi) is 2.75. The molecule has 0 aliphatic rings. The van der Waals surface area contributed by atoms with Gasteiger partial charge in [0.25, 0.3) is 5.69 Å². The molecule has 3 rings (SSSR count). The average Bonchev–Trinajstić information content (AvgIpc) is 2.80. The zero-order valence-corrected chi connectivity index (χ0v) is 11.2. The van der Waals surface area contributed by atoms with Gasteiger partial charge in [0.2, 0.25) is 0 Å². The van der Waals surface area contributed by atoms with Crippen LogP contribution in [-0.4, -0.2) is 14.7 Å². The predicted octanol–water partition coefficient (Wildman–Crippen LogP) is 3.55. The number of fused-ring (bicyclic) bond motifs is 1. The Balaban J connectivity index is 2.28. The molecule has 3 aromatic rings. The number of nitro groups is 1. The van der Waals surface area contributed by atoms with Gasteiger partial charge < -0.3 is 0 Å². The van der Waals surface area contributed by atoms with Crippen LogP contribution in [0.5, 0.6) is 0 Å². The number of aromatic nitrogens is 2. The summed E-state index contributed by atoms with van der Waals surface area (Å²) in [5.74, 6) is 0. The van der Waals surface area contributed by atoms with E-state index >= 15 is 0 Å². The van der Waals surface area contributed by atoms with Crippen molar-refractivity contribution in [2.24, 2.45) is 0 Å². The molecule has 0 N–H and O–H groups in total. The Morgan fingerprint density at radius 1 is 1.15 bits per heavy atom. The number of hydrogen-bond acceptors (Lipinski definition) is 3. The van der Waals surface area contributed by atoms with Crippen LogP contribution in [-0.2, 0) is 0 Å². The third kappa shape index (κ3) is 1.93. The number of nitro benzene ring substituents is 1. The van der Waals surface area contributed by atoms with Gasteiger partial charge in [0.05, 0.1) is 27.7 Å². The topological polar surface area (TPSA) is 61.0 Å². The van der Waals surface area contributed by atoms with Crippen molar-refractivity contribution in [2.75, 3.05) is 0 Å². The maximum atomic E-state index is 11.0. The molecular weight excluding hydrogens is 254 g/mol. The van der Waals surface area contributed by atoms with E-state index in [1.165, 1.54) is 6.07 Å². The fraction of sp³-hybridized carbons (Fsp3) is 0.133. The predicted molar refractivity (Wildman–Crippen MR) is 77.2 cm³/mol. The molecule has 0 unspecified atom stereocenters. The molecule has 0 bridgehead atoms. The smallest absolute Gasteiger partial charge is 0.258 e. The highest BCUT2D eigenvalue weighted by atomic mass is 16.6. The largest absolute Gasteiger partial charge is 0.280 e. The summed E-state index contributed by atoms with van der Waals surface area (Å²) in [6.45, 7) is 4.04. The molecule has 0 spiro atoms. The lowest BCUT2D eigenvalue weighted by atomic mass is 10.1.